The normalized spacial score (nSPS) is 17.4. The zero-order chi connectivity index (χ0) is 31.6. The van der Waals surface area contributed by atoms with E-state index in [0.717, 1.165) is 47.4 Å². The van der Waals surface area contributed by atoms with Gasteiger partial charge in [-0.3, -0.25) is 14.4 Å². The molecule has 11 nitrogen and oxygen atoms in total. The van der Waals surface area contributed by atoms with Crippen LogP contribution in [0, 0.1) is 12.3 Å². The summed E-state index contributed by atoms with van der Waals surface area (Å²) in [4.78, 5) is 57.0. The third-order valence-corrected chi connectivity index (χ3v) is 8.55. The number of aryl methyl sites for hydroxylation is 1. The topological polar surface area (TPSA) is 161 Å². The number of carboxylic acid groups (broad SMARTS) is 1. The predicted octanol–water partition coefficient (Wildman–Crippen LogP) is 3.84. The minimum atomic E-state index is -1.03. The van der Waals surface area contributed by atoms with E-state index in [9.17, 15) is 24.3 Å². The fourth-order valence-electron chi connectivity index (χ4n) is 5.15. The van der Waals surface area contributed by atoms with Gasteiger partial charge >= 0.3 is 6.09 Å². The van der Waals surface area contributed by atoms with Crippen LogP contribution in [0.25, 0.3) is 10.4 Å². The van der Waals surface area contributed by atoms with Gasteiger partial charge in [0.15, 0.2) is 0 Å². The molecule has 2 heterocycles. The van der Waals surface area contributed by atoms with Gasteiger partial charge in [0.25, 0.3) is 0 Å². The molecule has 2 aromatic rings. The molecule has 0 radical (unpaired) electrons. The number of benzene rings is 1. The van der Waals surface area contributed by atoms with Gasteiger partial charge in [0.05, 0.1) is 22.2 Å². The fourth-order valence-corrected chi connectivity index (χ4v) is 5.96. The van der Waals surface area contributed by atoms with Gasteiger partial charge in [-0.1, -0.05) is 64.3 Å². The average molecular weight is 616 g/mol. The number of likely N-dealkylation sites (tertiary alicyclic amines) is 1. The molecule has 236 valence electrons. The average Bonchev–Trinajstić information content (AvgIpc) is 3.56. The first kappa shape index (κ1) is 34.0. The van der Waals surface area contributed by atoms with E-state index in [2.05, 4.69) is 20.9 Å². The Bertz CT molecular complexity index is 1240. The molecule has 3 rings (SSSR count). The molecule has 0 spiro atoms. The lowest BCUT2D eigenvalue weighted by molar-refractivity contribution is -0.144. The minimum Gasteiger partial charge on any atom is -0.465 e. The molecular formula is C31H45N5O6S. The van der Waals surface area contributed by atoms with Crippen LogP contribution in [0.5, 0.6) is 0 Å². The van der Waals surface area contributed by atoms with Gasteiger partial charge in [-0.2, -0.15) is 0 Å². The summed E-state index contributed by atoms with van der Waals surface area (Å²) < 4.78 is 0. The van der Waals surface area contributed by atoms with Crippen LogP contribution in [0.2, 0.25) is 0 Å². The second kappa shape index (κ2) is 15.8. The molecule has 1 aliphatic rings. The molecule has 1 aromatic carbocycles. The van der Waals surface area contributed by atoms with Crippen molar-refractivity contribution in [3.05, 3.63) is 41.0 Å². The van der Waals surface area contributed by atoms with Crippen LogP contribution in [0.3, 0.4) is 0 Å². The molecule has 0 saturated carbocycles. The molecule has 0 bridgehead atoms. The molecule has 5 N–H and O–H groups in total. The number of nitrogens with zero attached hydrogens (tertiary/aromatic N) is 2. The number of hydrogen-bond donors (Lipinski definition) is 5. The Kier molecular flexibility index (Phi) is 12.5. The van der Waals surface area contributed by atoms with E-state index in [-0.39, 0.29) is 43.7 Å². The number of aliphatic hydroxyl groups excluding tert-OH is 1. The van der Waals surface area contributed by atoms with E-state index in [4.69, 9.17) is 5.11 Å². The van der Waals surface area contributed by atoms with E-state index in [0.29, 0.717) is 13.0 Å². The van der Waals surface area contributed by atoms with Crippen molar-refractivity contribution < 1.29 is 29.4 Å². The first-order valence-electron chi connectivity index (χ1n) is 14.9. The highest BCUT2D eigenvalue weighted by atomic mass is 32.1. The lowest BCUT2D eigenvalue weighted by Gasteiger charge is -2.35. The number of nitrogens with one attached hydrogen (secondary N) is 3. The molecule has 3 atom stereocenters. The first-order valence-corrected chi connectivity index (χ1v) is 15.8. The zero-order valence-electron chi connectivity index (χ0n) is 25.5. The van der Waals surface area contributed by atoms with Gasteiger partial charge in [-0.25, -0.2) is 9.78 Å². The van der Waals surface area contributed by atoms with Crippen LogP contribution >= 0.6 is 11.3 Å². The number of carbonyl (C=O) groups excluding carboxylic acids is 3. The summed E-state index contributed by atoms with van der Waals surface area (Å²) in [5, 5.41) is 27.1. The number of amides is 4. The van der Waals surface area contributed by atoms with Crippen molar-refractivity contribution in [1.82, 2.24) is 25.8 Å². The summed E-state index contributed by atoms with van der Waals surface area (Å²) in [6.45, 7) is 8.27. The van der Waals surface area contributed by atoms with Gasteiger partial charge in [0.1, 0.15) is 12.1 Å². The molecule has 4 amide bonds. The molecule has 12 heteroatoms. The summed E-state index contributed by atoms with van der Waals surface area (Å²) >= 11 is 1.58. The monoisotopic (exact) mass is 615 g/mol. The number of aromatic nitrogens is 1. The van der Waals surface area contributed by atoms with Crippen LogP contribution in [0.4, 0.5) is 4.79 Å². The molecule has 1 fully saturated rings. The van der Waals surface area contributed by atoms with E-state index in [1.165, 1.54) is 4.90 Å². The second-order valence-electron chi connectivity index (χ2n) is 12.2. The van der Waals surface area contributed by atoms with Crippen LogP contribution in [0.1, 0.15) is 77.0 Å². The Morgan fingerprint density at radius 2 is 1.72 bits per heavy atom. The van der Waals surface area contributed by atoms with Gasteiger partial charge < -0.3 is 31.1 Å². The van der Waals surface area contributed by atoms with Gasteiger partial charge in [0, 0.05) is 32.5 Å². The predicted molar refractivity (Wildman–Crippen MR) is 165 cm³/mol. The van der Waals surface area contributed by atoms with Crippen molar-refractivity contribution in [1.29, 1.82) is 0 Å². The highest BCUT2D eigenvalue weighted by Gasteiger charge is 2.44. The molecule has 0 aliphatic carbocycles. The number of hydrogen-bond acceptors (Lipinski definition) is 7. The van der Waals surface area contributed by atoms with Crippen molar-refractivity contribution in [3.63, 3.8) is 0 Å². The largest absolute Gasteiger partial charge is 0.465 e. The fraction of sp³-hybridized carbons (Fsp3) is 0.581. The van der Waals surface area contributed by atoms with Gasteiger partial charge in [0.2, 0.25) is 17.7 Å². The smallest absolute Gasteiger partial charge is 0.404 e. The Balaban J connectivity index is 1.53. The first-order chi connectivity index (χ1) is 20.4. The molecule has 43 heavy (non-hydrogen) atoms. The molecule has 1 aliphatic heterocycles. The SMILES string of the molecule is Cc1ncsc1-c1ccc(CNC(=O)[C@@H]2C[C@@H](O)CN2C(=O)[C@@H](NC(=O)CCCCCCCNC(=O)O)C(C)(C)C)cc1. The lowest BCUT2D eigenvalue weighted by atomic mass is 9.85. The van der Waals surface area contributed by atoms with Crippen LogP contribution in [-0.4, -0.2) is 75.2 Å². The van der Waals surface area contributed by atoms with E-state index >= 15 is 0 Å². The van der Waals surface area contributed by atoms with Gasteiger partial charge in [-0.15, -0.1) is 11.3 Å². The Hall–Kier alpha value is -3.51. The van der Waals surface area contributed by atoms with Crippen LogP contribution in [0.15, 0.2) is 29.8 Å². The van der Waals surface area contributed by atoms with Crippen molar-refractivity contribution in [3.8, 4) is 10.4 Å². The third kappa shape index (κ3) is 10.3. The van der Waals surface area contributed by atoms with Crippen LogP contribution < -0.4 is 16.0 Å². The Labute approximate surface area is 257 Å². The number of β-amino-alcohol motifs (C(OH)–C–C–N with tert-alkyl or cyclic N) is 1. The minimum absolute atomic E-state index is 0.0268. The molecular weight excluding hydrogens is 570 g/mol. The second-order valence-corrected chi connectivity index (χ2v) is 13.0. The number of aliphatic hydroxyl groups is 1. The summed E-state index contributed by atoms with van der Waals surface area (Å²) in [5.41, 5.74) is 4.14. The maximum atomic E-state index is 13.7. The number of carbonyl (C=O) groups is 4. The Morgan fingerprint density at radius 3 is 2.35 bits per heavy atom. The summed E-state index contributed by atoms with van der Waals surface area (Å²) in [7, 11) is 0. The zero-order valence-corrected chi connectivity index (χ0v) is 26.3. The van der Waals surface area contributed by atoms with Crippen molar-refractivity contribution in [2.24, 2.45) is 5.41 Å². The maximum absolute atomic E-state index is 13.7. The van der Waals surface area contributed by atoms with Crippen molar-refractivity contribution in [2.75, 3.05) is 13.1 Å². The Morgan fingerprint density at radius 1 is 1.05 bits per heavy atom. The molecule has 0 unspecified atom stereocenters. The standard InChI is InChI=1S/C31H45N5O6S/c1-20-26(43-19-34-20)22-13-11-21(12-14-22)17-33-28(39)24-16-23(37)18-36(24)29(40)27(31(2,3)4)35-25(38)10-8-6-5-7-9-15-32-30(41)42/h11-14,19,23-24,27,32,37H,5-10,15-18H2,1-4H3,(H,33,39)(H,35,38)(H,41,42)/t23-,24+,27-/m1/s1. The summed E-state index contributed by atoms with van der Waals surface area (Å²) in [6, 6.07) is 6.19. The maximum Gasteiger partial charge on any atom is 0.404 e. The summed E-state index contributed by atoms with van der Waals surface area (Å²) in [5.74, 6) is -0.962. The van der Waals surface area contributed by atoms with E-state index < -0.39 is 29.7 Å². The third-order valence-electron chi connectivity index (χ3n) is 7.57. The van der Waals surface area contributed by atoms with Crippen LogP contribution in [-0.2, 0) is 20.9 Å². The highest BCUT2D eigenvalue weighted by molar-refractivity contribution is 7.13. The number of unbranched alkanes of at least 4 members (excludes halogenated alkanes) is 4. The van der Waals surface area contributed by atoms with E-state index in [1.54, 1.807) is 11.3 Å². The van der Waals surface area contributed by atoms with Crippen molar-refractivity contribution >= 4 is 35.2 Å². The molecule has 1 aromatic heterocycles. The van der Waals surface area contributed by atoms with Crippen molar-refractivity contribution in [2.45, 2.75) is 97.4 Å². The number of rotatable bonds is 14. The number of thiazole rings is 1. The summed E-state index contributed by atoms with van der Waals surface area (Å²) in [6.07, 6.45) is 2.51. The molecule has 1 saturated heterocycles. The highest BCUT2D eigenvalue weighted by Crippen LogP contribution is 2.28. The van der Waals surface area contributed by atoms with E-state index in [1.807, 2.05) is 57.5 Å². The van der Waals surface area contributed by atoms with Gasteiger partial charge in [-0.05, 0) is 36.3 Å². The quantitative estimate of drug-likeness (QED) is 0.202. The lowest BCUT2D eigenvalue weighted by Crippen LogP contribution is -2.57.